The molecule has 0 spiro atoms. The molecule has 0 aliphatic carbocycles. The maximum Gasteiger partial charge on any atom is 0.274 e. The molecule has 0 fully saturated rings. The molecule has 1 unspecified atom stereocenters. The summed E-state index contributed by atoms with van der Waals surface area (Å²) in [5.41, 5.74) is 7.01. The number of carbonyl (C=O) groups is 1. The largest absolute Gasteiger partial charge is 0.382 e. The van der Waals surface area contributed by atoms with Gasteiger partial charge < -0.3 is 16.2 Å². The first-order valence-electron chi connectivity index (χ1n) is 11.3. The first-order chi connectivity index (χ1) is 17.4. The monoisotopic (exact) mass is 483 g/mol. The molecule has 4 aromatic rings. The lowest BCUT2D eigenvalue weighted by atomic mass is 10.1. The van der Waals surface area contributed by atoms with Crippen LogP contribution in [0.25, 0.3) is 16.6 Å². The van der Waals surface area contributed by atoms with Gasteiger partial charge in [-0.05, 0) is 38.1 Å². The summed E-state index contributed by atoms with van der Waals surface area (Å²) in [6, 6.07) is 13.6. The van der Waals surface area contributed by atoms with Crippen LogP contribution < -0.4 is 21.9 Å². The quantitative estimate of drug-likeness (QED) is 0.238. The number of nitrogens with zero attached hydrogens (tertiary/aromatic N) is 4. The highest BCUT2D eigenvalue weighted by Gasteiger charge is 2.22. The van der Waals surface area contributed by atoms with Gasteiger partial charge in [-0.15, -0.1) is 0 Å². The van der Waals surface area contributed by atoms with Gasteiger partial charge in [-0.3, -0.25) is 19.5 Å². The number of amides is 1. The normalized spacial score (nSPS) is 12.4. The predicted octanol–water partition coefficient (Wildman–Crippen LogP) is 1.53. The third-order valence-corrected chi connectivity index (χ3v) is 5.32. The van der Waals surface area contributed by atoms with E-state index in [0.717, 1.165) is 0 Å². The predicted molar refractivity (Wildman–Crippen MR) is 136 cm³/mol. The van der Waals surface area contributed by atoms with E-state index >= 15 is 0 Å². The van der Waals surface area contributed by atoms with E-state index in [1.54, 1.807) is 44.2 Å². The Hall–Kier alpha value is -4.59. The number of carbonyl (C=O) groups excluding carboxylic acids is 1. The molecule has 10 nitrogen and oxygen atoms in total. The van der Waals surface area contributed by atoms with E-state index in [1.165, 1.54) is 17.0 Å². The number of hydrogen-bond acceptors (Lipinski definition) is 8. The van der Waals surface area contributed by atoms with Crippen molar-refractivity contribution in [2.24, 2.45) is 0 Å². The molecule has 0 saturated heterocycles. The molecule has 1 amide bonds. The first kappa shape index (κ1) is 24.5. The molecular formula is C26H25N7O3. The number of rotatable bonds is 6. The van der Waals surface area contributed by atoms with Gasteiger partial charge in [0.1, 0.15) is 12.1 Å². The third-order valence-electron chi connectivity index (χ3n) is 5.32. The van der Waals surface area contributed by atoms with Crippen LogP contribution in [0.3, 0.4) is 0 Å². The molecule has 2 atom stereocenters. The van der Waals surface area contributed by atoms with Crippen molar-refractivity contribution in [2.45, 2.75) is 26.1 Å². The molecule has 182 valence electrons. The number of para-hydroxylation sites is 1. The number of fused-ring (bicyclic) bond motifs is 1. The Balaban J connectivity index is 1.83. The summed E-state index contributed by atoms with van der Waals surface area (Å²) in [6.07, 6.45) is 2.08. The number of nitrogens with two attached hydrogens (primary N) is 1. The maximum atomic E-state index is 13.9. The number of anilines is 1. The van der Waals surface area contributed by atoms with E-state index in [4.69, 9.17) is 10.7 Å². The Labute approximate surface area is 207 Å². The summed E-state index contributed by atoms with van der Waals surface area (Å²) in [5.74, 6) is 5.71. The van der Waals surface area contributed by atoms with Crippen LogP contribution in [0.15, 0.2) is 65.7 Å². The fourth-order valence-electron chi connectivity index (χ4n) is 3.66. The number of nitrogens with one attached hydrogen (secondary N) is 2. The Kier molecular flexibility index (Phi) is 7.34. The zero-order valence-electron chi connectivity index (χ0n) is 19.8. The molecule has 0 aliphatic rings. The minimum Gasteiger partial charge on any atom is -0.382 e. The van der Waals surface area contributed by atoms with Crippen LogP contribution in [0.2, 0.25) is 0 Å². The summed E-state index contributed by atoms with van der Waals surface area (Å²) < 4.78 is 1.46. The molecule has 2 aromatic heterocycles. The Morgan fingerprint density at radius 2 is 1.86 bits per heavy atom. The van der Waals surface area contributed by atoms with Crippen molar-refractivity contribution >= 4 is 22.6 Å². The topological polar surface area (TPSA) is 148 Å². The second kappa shape index (κ2) is 10.8. The van der Waals surface area contributed by atoms with E-state index in [9.17, 15) is 14.7 Å². The summed E-state index contributed by atoms with van der Waals surface area (Å²) >= 11 is 0. The summed E-state index contributed by atoms with van der Waals surface area (Å²) in [4.78, 5) is 39.4. The number of aliphatic hydroxyl groups is 1. The van der Waals surface area contributed by atoms with Crippen LogP contribution in [0.5, 0.6) is 0 Å². The number of aromatic nitrogens is 4. The van der Waals surface area contributed by atoms with E-state index in [0.29, 0.717) is 28.0 Å². The SMILES string of the molecule is CC(O)NCC#Cc1cccc2nc([C@@H](C)NC(=O)c3nccnc3N)n(-c3ccccc3)c(=O)c12. The van der Waals surface area contributed by atoms with Crippen molar-refractivity contribution in [3.8, 4) is 17.5 Å². The molecule has 2 heterocycles. The van der Waals surface area contributed by atoms with Gasteiger partial charge in [0.05, 0.1) is 29.2 Å². The maximum absolute atomic E-state index is 13.9. The first-order valence-corrected chi connectivity index (χ1v) is 11.3. The van der Waals surface area contributed by atoms with Crippen molar-refractivity contribution < 1.29 is 9.90 Å². The Morgan fingerprint density at radius 1 is 1.11 bits per heavy atom. The average Bonchev–Trinajstić information content (AvgIpc) is 2.87. The molecule has 0 radical (unpaired) electrons. The molecule has 0 bridgehead atoms. The van der Waals surface area contributed by atoms with Gasteiger partial charge >= 0.3 is 0 Å². The summed E-state index contributed by atoms with van der Waals surface area (Å²) in [6.45, 7) is 3.58. The Bertz CT molecular complexity index is 1520. The zero-order chi connectivity index (χ0) is 25.7. The lowest BCUT2D eigenvalue weighted by Gasteiger charge is -2.20. The molecule has 4 rings (SSSR count). The highest BCUT2D eigenvalue weighted by molar-refractivity contribution is 5.96. The number of benzene rings is 2. The van der Waals surface area contributed by atoms with E-state index < -0.39 is 18.2 Å². The molecule has 0 saturated carbocycles. The molecule has 5 N–H and O–H groups in total. The van der Waals surface area contributed by atoms with E-state index in [1.807, 2.05) is 18.2 Å². The summed E-state index contributed by atoms with van der Waals surface area (Å²) in [7, 11) is 0. The molecular weight excluding hydrogens is 458 g/mol. The fraction of sp³-hybridized carbons (Fsp3) is 0.192. The zero-order valence-corrected chi connectivity index (χ0v) is 19.8. The lowest BCUT2D eigenvalue weighted by molar-refractivity contribution is 0.0933. The van der Waals surface area contributed by atoms with Crippen LogP contribution in [0.1, 0.15) is 41.8 Å². The van der Waals surface area contributed by atoms with Crippen LogP contribution in [0.4, 0.5) is 5.82 Å². The van der Waals surface area contributed by atoms with E-state index in [-0.39, 0.29) is 23.6 Å². The molecule has 0 aliphatic heterocycles. The van der Waals surface area contributed by atoms with Crippen molar-refractivity contribution in [2.75, 3.05) is 12.3 Å². The second-order valence-corrected chi connectivity index (χ2v) is 7.99. The highest BCUT2D eigenvalue weighted by atomic mass is 16.3. The average molecular weight is 484 g/mol. The van der Waals surface area contributed by atoms with Gasteiger partial charge in [-0.25, -0.2) is 15.0 Å². The van der Waals surface area contributed by atoms with Crippen molar-refractivity contribution in [1.82, 2.24) is 30.2 Å². The standard InChI is InChI=1S/C26H25N7O3/c1-16(31-25(35)22-23(27)30-15-14-29-22)24-32-20-12-6-8-18(9-7-13-28-17(2)34)21(20)26(36)33(24)19-10-4-3-5-11-19/h3-6,8,10-12,14-17,28,34H,13H2,1-2H3,(H2,27,30)(H,31,35)/t16-,17?/m1/s1. The van der Waals surface area contributed by atoms with Crippen molar-refractivity contribution in [3.63, 3.8) is 0 Å². The molecule has 10 heteroatoms. The van der Waals surface area contributed by atoms with Crippen molar-refractivity contribution in [1.29, 1.82) is 0 Å². The number of aliphatic hydroxyl groups excluding tert-OH is 1. The lowest BCUT2D eigenvalue weighted by Crippen LogP contribution is -2.34. The minimum atomic E-state index is -0.694. The van der Waals surface area contributed by atoms with E-state index in [2.05, 4.69) is 32.4 Å². The van der Waals surface area contributed by atoms with Gasteiger partial charge in [0, 0.05) is 18.0 Å². The van der Waals surface area contributed by atoms with Gasteiger partial charge in [-0.1, -0.05) is 36.1 Å². The smallest absolute Gasteiger partial charge is 0.274 e. The number of hydrogen-bond donors (Lipinski definition) is 4. The second-order valence-electron chi connectivity index (χ2n) is 7.99. The Morgan fingerprint density at radius 3 is 2.58 bits per heavy atom. The highest BCUT2D eigenvalue weighted by Crippen LogP contribution is 2.20. The molecule has 36 heavy (non-hydrogen) atoms. The fourth-order valence-corrected chi connectivity index (χ4v) is 3.66. The van der Waals surface area contributed by atoms with Crippen LogP contribution in [-0.2, 0) is 0 Å². The van der Waals surface area contributed by atoms with Gasteiger partial charge in [0.15, 0.2) is 11.5 Å². The van der Waals surface area contributed by atoms with Gasteiger partial charge in [0.25, 0.3) is 11.5 Å². The molecule has 2 aromatic carbocycles. The van der Waals surface area contributed by atoms with Crippen LogP contribution in [-0.4, -0.2) is 43.3 Å². The number of nitrogen functional groups attached to an aromatic ring is 1. The van der Waals surface area contributed by atoms with Gasteiger partial charge in [-0.2, -0.15) is 0 Å². The van der Waals surface area contributed by atoms with Crippen LogP contribution >= 0.6 is 0 Å². The summed E-state index contributed by atoms with van der Waals surface area (Å²) in [5, 5.41) is 15.3. The van der Waals surface area contributed by atoms with Crippen LogP contribution in [0, 0.1) is 11.8 Å². The third kappa shape index (κ3) is 5.22. The minimum absolute atomic E-state index is 0.00224. The van der Waals surface area contributed by atoms with Gasteiger partial charge in [0.2, 0.25) is 0 Å². The van der Waals surface area contributed by atoms with Crippen molar-refractivity contribution in [3.05, 3.63) is 88.4 Å².